The monoisotopic (exact) mass is 326 g/mol. The average Bonchev–Trinajstić information content (AvgIpc) is 3.11. The lowest BCUT2D eigenvalue weighted by Gasteiger charge is -2.32. The maximum atomic E-state index is 12.5. The van der Waals surface area contributed by atoms with Crippen molar-refractivity contribution in [2.45, 2.75) is 32.4 Å². The zero-order valence-corrected chi connectivity index (χ0v) is 13.8. The summed E-state index contributed by atoms with van der Waals surface area (Å²) in [5, 5.41) is 7.20. The number of piperidine rings is 1. The number of carbonyl (C=O) groups is 2. The molecule has 1 aliphatic rings. The van der Waals surface area contributed by atoms with Crippen LogP contribution in [-0.2, 0) is 6.54 Å². The van der Waals surface area contributed by atoms with E-state index in [0.717, 1.165) is 19.4 Å². The number of amides is 2. The molecule has 1 saturated heterocycles. The van der Waals surface area contributed by atoms with Crippen LogP contribution >= 0.6 is 0 Å². The van der Waals surface area contributed by atoms with Crippen LogP contribution in [0.25, 0.3) is 0 Å². The van der Waals surface area contributed by atoms with Gasteiger partial charge in [0.25, 0.3) is 11.8 Å². The number of aromatic nitrogens is 2. The van der Waals surface area contributed by atoms with Crippen molar-refractivity contribution in [1.82, 2.24) is 20.0 Å². The van der Waals surface area contributed by atoms with Gasteiger partial charge in [-0.2, -0.15) is 5.10 Å². The highest BCUT2D eigenvalue weighted by molar-refractivity contribution is 5.95. The average molecular weight is 326 g/mol. The maximum Gasteiger partial charge on any atom is 0.257 e. The molecule has 2 heterocycles. The van der Waals surface area contributed by atoms with Gasteiger partial charge in [0.15, 0.2) is 0 Å². The SMILES string of the molecule is CCn1cc(C(=O)N2CCC(NC(=O)c3ccccc3)CC2)cn1. The third-order valence-corrected chi connectivity index (χ3v) is 4.36. The molecule has 2 amide bonds. The first-order chi connectivity index (χ1) is 11.7. The number of aryl methyl sites for hydroxylation is 1. The van der Waals surface area contributed by atoms with Gasteiger partial charge in [-0.05, 0) is 31.9 Å². The number of nitrogens with zero attached hydrogens (tertiary/aromatic N) is 3. The molecule has 0 radical (unpaired) electrons. The topological polar surface area (TPSA) is 67.2 Å². The van der Waals surface area contributed by atoms with Crippen LogP contribution in [0.5, 0.6) is 0 Å². The Kier molecular flexibility index (Phi) is 4.93. The largest absolute Gasteiger partial charge is 0.349 e. The summed E-state index contributed by atoms with van der Waals surface area (Å²) in [6, 6.07) is 9.32. The zero-order chi connectivity index (χ0) is 16.9. The van der Waals surface area contributed by atoms with Crippen molar-refractivity contribution >= 4 is 11.8 Å². The van der Waals surface area contributed by atoms with Crippen molar-refractivity contribution in [3.8, 4) is 0 Å². The first-order valence-electron chi connectivity index (χ1n) is 8.35. The number of hydrogen-bond acceptors (Lipinski definition) is 3. The van der Waals surface area contributed by atoms with Crippen molar-refractivity contribution in [3.63, 3.8) is 0 Å². The molecule has 126 valence electrons. The number of hydrogen-bond donors (Lipinski definition) is 1. The lowest BCUT2D eigenvalue weighted by atomic mass is 10.0. The Morgan fingerprint density at radius 1 is 1.17 bits per heavy atom. The molecule has 0 saturated carbocycles. The highest BCUT2D eigenvalue weighted by Crippen LogP contribution is 2.14. The van der Waals surface area contributed by atoms with Gasteiger partial charge in [-0.3, -0.25) is 14.3 Å². The molecule has 1 aliphatic heterocycles. The lowest BCUT2D eigenvalue weighted by Crippen LogP contribution is -2.46. The number of benzene rings is 1. The van der Waals surface area contributed by atoms with E-state index in [1.165, 1.54) is 0 Å². The van der Waals surface area contributed by atoms with Gasteiger partial charge in [0.2, 0.25) is 0 Å². The van der Waals surface area contributed by atoms with Crippen molar-refractivity contribution in [3.05, 3.63) is 53.9 Å². The second kappa shape index (κ2) is 7.29. The molecule has 0 spiro atoms. The molecular weight excluding hydrogens is 304 g/mol. The van der Waals surface area contributed by atoms with E-state index in [9.17, 15) is 9.59 Å². The first-order valence-corrected chi connectivity index (χ1v) is 8.35. The minimum atomic E-state index is -0.0513. The van der Waals surface area contributed by atoms with Gasteiger partial charge in [-0.25, -0.2) is 0 Å². The van der Waals surface area contributed by atoms with E-state index in [1.807, 2.05) is 30.0 Å². The van der Waals surface area contributed by atoms with E-state index in [4.69, 9.17) is 0 Å². The van der Waals surface area contributed by atoms with Gasteiger partial charge in [0.05, 0.1) is 11.8 Å². The van der Waals surface area contributed by atoms with Crippen LogP contribution in [0.4, 0.5) is 0 Å². The summed E-state index contributed by atoms with van der Waals surface area (Å²) in [7, 11) is 0. The van der Waals surface area contributed by atoms with Gasteiger partial charge < -0.3 is 10.2 Å². The maximum absolute atomic E-state index is 12.5. The Balaban J connectivity index is 1.52. The second-order valence-electron chi connectivity index (χ2n) is 5.99. The Hall–Kier alpha value is -2.63. The molecule has 1 fully saturated rings. The quantitative estimate of drug-likeness (QED) is 0.933. The molecular formula is C18H22N4O2. The molecule has 6 heteroatoms. The predicted molar refractivity (Wildman–Crippen MR) is 90.7 cm³/mol. The number of rotatable bonds is 4. The summed E-state index contributed by atoms with van der Waals surface area (Å²) < 4.78 is 1.75. The van der Waals surface area contributed by atoms with E-state index in [0.29, 0.717) is 24.2 Å². The van der Waals surface area contributed by atoms with Crippen molar-refractivity contribution < 1.29 is 9.59 Å². The molecule has 24 heavy (non-hydrogen) atoms. The Bertz CT molecular complexity index is 703. The minimum absolute atomic E-state index is 0.0162. The third kappa shape index (κ3) is 3.64. The van der Waals surface area contributed by atoms with E-state index < -0.39 is 0 Å². The molecule has 1 aromatic carbocycles. The summed E-state index contributed by atoms with van der Waals surface area (Å²) in [5.41, 5.74) is 1.30. The van der Waals surface area contributed by atoms with Crippen molar-refractivity contribution in [1.29, 1.82) is 0 Å². The third-order valence-electron chi connectivity index (χ3n) is 4.36. The Morgan fingerprint density at radius 3 is 2.50 bits per heavy atom. The highest BCUT2D eigenvalue weighted by atomic mass is 16.2. The molecule has 0 atom stereocenters. The van der Waals surface area contributed by atoms with Gasteiger partial charge >= 0.3 is 0 Å². The van der Waals surface area contributed by atoms with Crippen LogP contribution in [0.3, 0.4) is 0 Å². The Morgan fingerprint density at radius 2 is 1.88 bits per heavy atom. The van der Waals surface area contributed by atoms with Gasteiger partial charge in [0, 0.05) is 37.4 Å². The lowest BCUT2D eigenvalue weighted by molar-refractivity contribution is 0.0698. The van der Waals surface area contributed by atoms with Crippen molar-refractivity contribution in [2.75, 3.05) is 13.1 Å². The van der Waals surface area contributed by atoms with Crippen LogP contribution in [0, 0.1) is 0 Å². The molecule has 3 rings (SSSR count). The van der Waals surface area contributed by atoms with Crippen LogP contribution in [0.2, 0.25) is 0 Å². The van der Waals surface area contributed by atoms with Crippen LogP contribution in [-0.4, -0.2) is 45.6 Å². The minimum Gasteiger partial charge on any atom is -0.349 e. The molecule has 0 bridgehead atoms. The summed E-state index contributed by atoms with van der Waals surface area (Å²) in [6.07, 6.45) is 4.94. The molecule has 0 aliphatic carbocycles. The summed E-state index contributed by atoms with van der Waals surface area (Å²) >= 11 is 0. The fourth-order valence-electron chi connectivity index (χ4n) is 2.91. The second-order valence-corrected chi connectivity index (χ2v) is 5.99. The highest BCUT2D eigenvalue weighted by Gasteiger charge is 2.25. The van der Waals surface area contributed by atoms with E-state index in [1.54, 1.807) is 29.2 Å². The predicted octanol–water partition coefficient (Wildman–Crippen LogP) is 1.94. The van der Waals surface area contributed by atoms with E-state index in [2.05, 4.69) is 10.4 Å². The first kappa shape index (κ1) is 16.2. The van der Waals surface area contributed by atoms with Crippen LogP contribution in [0.1, 0.15) is 40.5 Å². The summed E-state index contributed by atoms with van der Waals surface area (Å²) in [5.74, 6) is -0.0351. The van der Waals surface area contributed by atoms with Gasteiger partial charge in [0.1, 0.15) is 0 Å². The zero-order valence-electron chi connectivity index (χ0n) is 13.8. The number of nitrogens with one attached hydrogen (secondary N) is 1. The fraction of sp³-hybridized carbons (Fsp3) is 0.389. The summed E-state index contributed by atoms with van der Waals surface area (Å²) in [4.78, 5) is 26.5. The van der Waals surface area contributed by atoms with Crippen LogP contribution < -0.4 is 5.32 Å². The standard InChI is InChI=1S/C18H22N4O2/c1-2-22-13-15(12-19-22)18(24)21-10-8-16(9-11-21)20-17(23)14-6-4-3-5-7-14/h3-7,12-13,16H,2,8-11H2,1H3,(H,20,23). The van der Waals surface area contributed by atoms with E-state index >= 15 is 0 Å². The van der Waals surface area contributed by atoms with Gasteiger partial charge in [-0.15, -0.1) is 0 Å². The normalized spacial score (nSPS) is 15.3. The van der Waals surface area contributed by atoms with Crippen molar-refractivity contribution in [2.24, 2.45) is 0 Å². The molecule has 1 N–H and O–H groups in total. The van der Waals surface area contributed by atoms with Crippen LogP contribution in [0.15, 0.2) is 42.7 Å². The smallest absolute Gasteiger partial charge is 0.257 e. The fourth-order valence-corrected chi connectivity index (χ4v) is 2.91. The Labute approximate surface area is 141 Å². The summed E-state index contributed by atoms with van der Waals surface area (Å²) in [6.45, 7) is 4.04. The molecule has 1 aromatic heterocycles. The molecule has 0 unspecified atom stereocenters. The van der Waals surface area contributed by atoms with E-state index in [-0.39, 0.29) is 17.9 Å². The van der Waals surface area contributed by atoms with Gasteiger partial charge in [-0.1, -0.05) is 18.2 Å². The number of likely N-dealkylation sites (tertiary alicyclic amines) is 1. The number of carbonyl (C=O) groups excluding carboxylic acids is 2. The molecule has 2 aromatic rings. The molecule has 6 nitrogen and oxygen atoms in total.